The molecule has 0 bridgehead atoms. The molecule has 0 unspecified atom stereocenters. The zero-order valence-corrected chi connectivity index (χ0v) is 17.3. The Hall–Kier alpha value is -3.31. The van der Waals surface area contributed by atoms with E-state index in [4.69, 9.17) is 14.7 Å². The second kappa shape index (κ2) is 7.18. The molecule has 0 amide bonds. The third kappa shape index (κ3) is 3.42. The van der Waals surface area contributed by atoms with Gasteiger partial charge in [-0.1, -0.05) is 11.3 Å². The molecule has 11 heteroatoms. The first-order valence-corrected chi connectivity index (χ1v) is 10.7. The highest BCUT2D eigenvalue weighted by atomic mass is 32.1. The minimum atomic E-state index is -0.397. The first-order chi connectivity index (χ1) is 14.5. The Balaban J connectivity index is 1.72. The molecule has 2 N–H and O–H groups in total. The van der Waals surface area contributed by atoms with E-state index in [-0.39, 0.29) is 16.8 Å². The topological polar surface area (TPSA) is 122 Å². The molecule has 1 aliphatic rings. The van der Waals surface area contributed by atoms with E-state index in [1.54, 1.807) is 22.9 Å². The molecule has 1 aliphatic carbocycles. The van der Waals surface area contributed by atoms with Gasteiger partial charge in [0.2, 0.25) is 5.88 Å². The van der Waals surface area contributed by atoms with Crippen LogP contribution in [0.4, 0.5) is 0 Å². The van der Waals surface area contributed by atoms with E-state index >= 15 is 0 Å². The fourth-order valence-electron chi connectivity index (χ4n) is 2.93. The van der Waals surface area contributed by atoms with Gasteiger partial charge in [-0.05, 0) is 31.1 Å². The molecule has 9 nitrogen and oxygen atoms in total. The molecule has 0 spiro atoms. The Morgan fingerprint density at radius 2 is 2.23 bits per heavy atom. The van der Waals surface area contributed by atoms with Gasteiger partial charge in [-0.15, -0.1) is 11.3 Å². The van der Waals surface area contributed by atoms with Crippen molar-refractivity contribution >= 4 is 40.4 Å². The number of esters is 1. The predicted octanol–water partition coefficient (Wildman–Crippen LogP) is 1.31. The summed E-state index contributed by atoms with van der Waals surface area (Å²) in [5.41, 5.74) is 1.86. The Morgan fingerprint density at radius 1 is 1.40 bits per heavy atom. The number of carbonyl (C=O) groups excluding carboxylic acids is 1. The summed E-state index contributed by atoms with van der Waals surface area (Å²) in [5, 5.41) is 15.0. The van der Waals surface area contributed by atoms with Gasteiger partial charge in [-0.25, -0.2) is 9.78 Å². The van der Waals surface area contributed by atoms with Gasteiger partial charge >= 0.3 is 10.8 Å². The molecule has 0 radical (unpaired) electrons. The fourth-order valence-corrected chi connectivity index (χ4v) is 4.50. The average Bonchev–Trinajstić information content (AvgIpc) is 3.12. The van der Waals surface area contributed by atoms with Crippen molar-refractivity contribution in [3.63, 3.8) is 0 Å². The molecule has 4 aromatic rings. The van der Waals surface area contributed by atoms with Crippen LogP contribution in [-0.2, 0) is 4.74 Å². The molecule has 5 rings (SSSR count). The highest BCUT2D eigenvalue weighted by Gasteiger charge is 2.21. The van der Waals surface area contributed by atoms with E-state index < -0.39 is 5.97 Å². The molecule has 0 atom stereocenters. The number of rotatable bonds is 4. The summed E-state index contributed by atoms with van der Waals surface area (Å²) in [4.78, 5) is 36.5. The van der Waals surface area contributed by atoms with Crippen LogP contribution in [0.3, 0.4) is 0 Å². The lowest BCUT2D eigenvalue weighted by molar-refractivity contribution is 0.0606. The van der Waals surface area contributed by atoms with Gasteiger partial charge < -0.3 is 9.84 Å². The number of aromatic nitrogens is 4. The number of aromatic hydroxyl groups is 1. The van der Waals surface area contributed by atoms with Gasteiger partial charge in [-0.3, -0.25) is 14.8 Å². The Kier molecular flexibility index (Phi) is 4.48. The monoisotopic (exact) mass is 441 g/mol. The maximum Gasteiger partial charge on any atom is 0.348 e. The number of H-pyrrole nitrogens is 1. The van der Waals surface area contributed by atoms with Crippen molar-refractivity contribution < 1.29 is 14.6 Å². The van der Waals surface area contributed by atoms with Crippen molar-refractivity contribution in [2.75, 3.05) is 7.11 Å². The summed E-state index contributed by atoms with van der Waals surface area (Å²) in [5.74, 6) is -0.587. The van der Waals surface area contributed by atoms with Crippen LogP contribution >= 0.6 is 22.7 Å². The zero-order valence-electron chi connectivity index (χ0n) is 15.7. The molecule has 30 heavy (non-hydrogen) atoms. The summed E-state index contributed by atoms with van der Waals surface area (Å²) in [7, 11) is 1.35. The van der Waals surface area contributed by atoms with Gasteiger partial charge in [0.05, 0.1) is 34.8 Å². The number of hydrogen-bond acceptors (Lipinski definition) is 9. The Morgan fingerprint density at radius 3 is 2.93 bits per heavy atom. The normalized spacial score (nSPS) is 15.2. The van der Waals surface area contributed by atoms with E-state index in [0.29, 0.717) is 31.8 Å². The number of aromatic amines is 1. The second-order valence-electron chi connectivity index (χ2n) is 6.72. The van der Waals surface area contributed by atoms with Gasteiger partial charge in [0.1, 0.15) is 4.88 Å². The van der Waals surface area contributed by atoms with Gasteiger partial charge in [0, 0.05) is 11.3 Å². The SMILES string of the molecule is COC(=O)c1ccc(-c2cc(=NC3CC3)n3ncc(=Cc4sc(=O)[nH]c4O)c3n2)s1. The van der Waals surface area contributed by atoms with Crippen LogP contribution in [0.5, 0.6) is 5.88 Å². The Bertz CT molecular complexity index is 1460. The van der Waals surface area contributed by atoms with E-state index in [1.807, 2.05) is 12.1 Å². The van der Waals surface area contributed by atoms with Crippen molar-refractivity contribution in [1.29, 1.82) is 0 Å². The third-order valence-electron chi connectivity index (χ3n) is 4.53. The van der Waals surface area contributed by atoms with Gasteiger partial charge in [-0.2, -0.15) is 9.61 Å². The van der Waals surface area contributed by atoms with Crippen molar-refractivity contribution in [2.45, 2.75) is 18.9 Å². The van der Waals surface area contributed by atoms with Crippen molar-refractivity contribution in [3.8, 4) is 16.5 Å². The van der Waals surface area contributed by atoms with Gasteiger partial charge in [0.15, 0.2) is 11.1 Å². The molecule has 4 heterocycles. The number of fused-ring (bicyclic) bond motifs is 1. The molecular weight excluding hydrogens is 426 g/mol. The second-order valence-corrected chi connectivity index (χ2v) is 8.82. The smallest absolute Gasteiger partial charge is 0.348 e. The van der Waals surface area contributed by atoms with E-state index in [0.717, 1.165) is 29.1 Å². The number of hydrogen-bond donors (Lipinski definition) is 2. The lowest BCUT2D eigenvalue weighted by atomic mass is 10.3. The minimum absolute atomic E-state index is 0.190. The quantitative estimate of drug-likeness (QED) is 0.461. The third-order valence-corrected chi connectivity index (χ3v) is 6.44. The number of methoxy groups -OCH3 is 1. The lowest BCUT2D eigenvalue weighted by Gasteiger charge is -2.00. The van der Waals surface area contributed by atoms with Crippen LogP contribution in [0.2, 0.25) is 0 Å². The fraction of sp³-hybridized carbons (Fsp3) is 0.211. The number of thiophene rings is 1. The lowest BCUT2D eigenvalue weighted by Crippen LogP contribution is -2.19. The molecule has 1 fully saturated rings. The molecule has 1 saturated carbocycles. The van der Waals surface area contributed by atoms with Crippen LogP contribution in [0.15, 0.2) is 34.2 Å². The summed E-state index contributed by atoms with van der Waals surface area (Å²) >= 11 is 2.19. The van der Waals surface area contributed by atoms with Crippen LogP contribution in [0.1, 0.15) is 27.4 Å². The number of nitrogens with zero attached hydrogens (tertiary/aromatic N) is 4. The van der Waals surface area contributed by atoms with E-state index in [9.17, 15) is 14.7 Å². The largest absolute Gasteiger partial charge is 0.493 e. The first kappa shape index (κ1) is 18.7. The number of thiazole rings is 1. The van der Waals surface area contributed by atoms with Crippen molar-refractivity contribution in [3.05, 3.63) is 54.5 Å². The highest BCUT2D eigenvalue weighted by Crippen LogP contribution is 2.27. The summed E-state index contributed by atoms with van der Waals surface area (Å²) in [6.07, 6.45) is 5.36. The molecule has 0 aliphatic heterocycles. The standard InChI is InChI=1S/C19H15N5O4S2/c1-28-18(26)13-5-4-12(29-13)11-7-15(21-10-2-3-10)24-16(22-11)9(8-20-24)6-14-17(25)23-19(27)30-14/h4-8,10,25H,2-3H2,1H3,(H,23,27). The summed E-state index contributed by atoms with van der Waals surface area (Å²) < 4.78 is 6.44. The Labute approximate surface area is 176 Å². The van der Waals surface area contributed by atoms with Crippen LogP contribution in [0, 0.1) is 0 Å². The molecule has 152 valence electrons. The first-order valence-electron chi connectivity index (χ1n) is 9.07. The summed E-state index contributed by atoms with van der Waals surface area (Å²) in [6, 6.07) is 5.64. The predicted molar refractivity (Wildman–Crippen MR) is 112 cm³/mol. The van der Waals surface area contributed by atoms with E-state index in [2.05, 4.69) is 10.1 Å². The molecular formula is C19H15N5O4S2. The van der Waals surface area contributed by atoms with Crippen molar-refractivity contribution in [2.24, 2.45) is 4.99 Å². The van der Waals surface area contributed by atoms with Crippen LogP contribution < -0.4 is 15.6 Å². The van der Waals surface area contributed by atoms with E-state index in [1.165, 1.54) is 18.4 Å². The molecule has 0 aromatic carbocycles. The molecule has 0 saturated heterocycles. The number of nitrogens with one attached hydrogen (secondary N) is 1. The van der Waals surface area contributed by atoms with Crippen LogP contribution in [-0.4, -0.2) is 43.8 Å². The average molecular weight is 441 g/mol. The highest BCUT2D eigenvalue weighted by molar-refractivity contribution is 7.17. The number of ether oxygens (including phenoxy) is 1. The molecule has 4 aromatic heterocycles. The van der Waals surface area contributed by atoms with Gasteiger partial charge in [0.25, 0.3) is 0 Å². The minimum Gasteiger partial charge on any atom is -0.493 e. The number of carbonyl (C=O) groups is 1. The zero-order chi connectivity index (χ0) is 20.8. The maximum absolute atomic E-state index is 11.8. The van der Waals surface area contributed by atoms with Crippen LogP contribution in [0.25, 0.3) is 22.3 Å². The maximum atomic E-state index is 11.8. The van der Waals surface area contributed by atoms with Crippen molar-refractivity contribution in [1.82, 2.24) is 19.6 Å². The summed E-state index contributed by atoms with van der Waals surface area (Å²) in [6.45, 7) is 0.